The Kier molecular flexibility index (Phi) is 4.82. The summed E-state index contributed by atoms with van der Waals surface area (Å²) in [5.41, 5.74) is 1.27. The Morgan fingerprint density at radius 3 is 2.33 bits per heavy atom. The first-order valence-corrected chi connectivity index (χ1v) is 7.22. The van der Waals surface area contributed by atoms with Crippen molar-refractivity contribution < 1.29 is 23.9 Å². The Morgan fingerprint density at radius 2 is 1.83 bits per heavy atom. The van der Waals surface area contributed by atoms with Crippen molar-refractivity contribution in [3.05, 3.63) is 58.2 Å². The second-order valence-electron chi connectivity index (χ2n) is 5.45. The number of carbonyl (C=O) groups is 3. The van der Waals surface area contributed by atoms with Crippen LogP contribution in [-0.2, 0) is 4.79 Å². The zero-order valence-corrected chi connectivity index (χ0v) is 13.4. The molecule has 1 amide bonds. The number of nitrogens with one attached hydrogen (secondary N) is 2. The predicted octanol–water partition coefficient (Wildman–Crippen LogP) is 2.53. The molecule has 0 aliphatic heterocycles. The maximum Gasteiger partial charge on any atom is 0.331 e. The number of carbonyl (C=O) groups excluding carboxylic acids is 2. The van der Waals surface area contributed by atoms with Gasteiger partial charge in [-0.15, -0.1) is 0 Å². The van der Waals surface area contributed by atoms with E-state index in [2.05, 4.69) is 10.3 Å². The zero-order valence-electron chi connectivity index (χ0n) is 13.4. The van der Waals surface area contributed by atoms with Crippen LogP contribution in [0.15, 0.2) is 24.3 Å². The molecule has 0 unspecified atom stereocenters. The van der Waals surface area contributed by atoms with Gasteiger partial charge in [-0.2, -0.15) is 0 Å². The lowest BCUT2D eigenvalue weighted by Crippen LogP contribution is -2.34. The predicted molar refractivity (Wildman–Crippen MR) is 84.5 cm³/mol. The number of aromatic nitrogens is 1. The lowest BCUT2D eigenvalue weighted by Gasteiger charge is -2.15. The highest BCUT2D eigenvalue weighted by molar-refractivity contribution is 6.03. The molecule has 0 saturated carbocycles. The van der Waals surface area contributed by atoms with Gasteiger partial charge in [0.1, 0.15) is 11.5 Å². The van der Waals surface area contributed by atoms with Crippen LogP contribution < -0.4 is 5.32 Å². The van der Waals surface area contributed by atoms with E-state index in [-0.39, 0.29) is 17.0 Å². The van der Waals surface area contributed by atoms with Crippen molar-refractivity contribution in [3.8, 4) is 0 Å². The first-order valence-electron chi connectivity index (χ1n) is 7.22. The number of rotatable bonds is 5. The summed E-state index contributed by atoms with van der Waals surface area (Å²) in [6, 6.07) is 3.79. The van der Waals surface area contributed by atoms with Crippen LogP contribution in [0.4, 0.5) is 4.39 Å². The van der Waals surface area contributed by atoms with Gasteiger partial charge in [0.05, 0.1) is 0 Å². The molecule has 1 aromatic carbocycles. The van der Waals surface area contributed by atoms with Gasteiger partial charge >= 0.3 is 5.97 Å². The van der Waals surface area contributed by atoms with Gasteiger partial charge in [0, 0.05) is 16.8 Å². The molecule has 0 fully saturated rings. The summed E-state index contributed by atoms with van der Waals surface area (Å²) in [6.07, 6.45) is 0. The summed E-state index contributed by atoms with van der Waals surface area (Å²) >= 11 is 0. The molecule has 6 nitrogen and oxygen atoms in total. The number of H-pyrrole nitrogens is 1. The van der Waals surface area contributed by atoms with Gasteiger partial charge in [0.2, 0.25) is 0 Å². The van der Waals surface area contributed by atoms with Crippen LogP contribution in [0.2, 0.25) is 0 Å². The minimum Gasteiger partial charge on any atom is -0.479 e. The molecule has 1 heterocycles. The molecule has 126 valence electrons. The molecule has 1 atom stereocenters. The molecule has 0 spiro atoms. The van der Waals surface area contributed by atoms with Crippen molar-refractivity contribution in [2.75, 3.05) is 0 Å². The Bertz CT molecular complexity index is 826. The smallest absolute Gasteiger partial charge is 0.331 e. The van der Waals surface area contributed by atoms with Crippen LogP contribution in [-0.4, -0.2) is 27.8 Å². The molecule has 0 radical (unpaired) electrons. The number of benzene rings is 1. The average molecular weight is 332 g/mol. The number of Topliss-reactive ketones (excluding diaryl/α,β-unsaturated/α-hetero) is 1. The van der Waals surface area contributed by atoms with Gasteiger partial charge in [0.15, 0.2) is 11.8 Å². The fourth-order valence-electron chi connectivity index (χ4n) is 2.69. The first-order chi connectivity index (χ1) is 11.2. The van der Waals surface area contributed by atoms with E-state index in [1.807, 2.05) is 0 Å². The van der Waals surface area contributed by atoms with Crippen molar-refractivity contribution in [1.82, 2.24) is 10.3 Å². The van der Waals surface area contributed by atoms with Crippen molar-refractivity contribution in [2.24, 2.45) is 0 Å². The topological polar surface area (TPSA) is 99.3 Å². The van der Waals surface area contributed by atoms with Gasteiger partial charge in [-0.25, -0.2) is 9.18 Å². The van der Waals surface area contributed by atoms with Crippen LogP contribution in [0.5, 0.6) is 0 Å². The Hall–Kier alpha value is -2.96. The summed E-state index contributed by atoms with van der Waals surface area (Å²) in [6.45, 7) is 4.62. The van der Waals surface area contributed by atoms with Crippen molar-refractivity contribution in [2.45, 2.75) is 26.8 Å². The lowest BCUT2D eigenvalue weighted by molar-refractivity contribution is -0.139. The minimum absolute atomic E-state index is 0.0836. The third-order valence-electron chi connectivity index (χ3n) is 3.76. The molecule has 2 rings (SSSR count). The maximum atomic E-state index is 13.8. The molecule has 0 saturated heterocycles. The lowest BCUT2D eigenvalue weighted by atomic mass is 10.0. The van der Waals surface area contributed by atoms with E-state index in [1.165, 1.54) is 25.1 Å². The fourth-order valence-corrected chi connectivity index (χ4v) is 2.69. The number of amides is 1. The van der Waals surface area contributed by atoms with Gasteiger partial charge in [0.25, 0.3) is 5.91 Å². The molecular formula is C17H17FN2O4. The van der Waals surface area contributed by atoms with Crippen molar-refractivity contribution >= 4 is 17.7 Å². The molecule has 7 heteroatoms. The summed E-state index contributed by atoms with van der Waals surface area (Å²) < 4.78 is 13.8. The van der Waals surface area contributed by atoms with E-state index in [9.17, 15) is 23.9 Å². The van der Waals surface area contributed by atoms with Crippen LogP contribution in [0.3, 0.4) is 0 Å². The maximum absolute atomic E-state index is 13.8. The Morgan fingerprint density at radius 1 is 1.21 bits per heavy atom. The quantitative estimate of drug-likeness (QED) is 0.733. The number of hydrogen-bond acceptors (Lipinski definition) is 3. The molecule has 2 aromatic rings. The fraction of sp³-hybridized carbons (Fsp3) is 0.235. The van der Waals surface area contributed by atoms with E-state index in [4.69, 9.17) is 0 Å². The number of aliphatic carboxylic acids is 1. The molecule has 24 heavy (non-hydrogen) atoms. The number of aryl methyl sites for hydroxylation is 1. The first kappa shape index (κ1) is 17.4. The van der Waals surface area contributed by atoms with Crippen LogP contribution in [0, 0.1) is 19.7 Å². The number of hydrogen-bond donors (Lipinski definition) is 3. The SMILES string of the molecule is CC(=O)c1c(C)[nH]c(C(=O)N[C@H](C(=O)O)c2ccccc2F)c1C. The number of ketones is 1. The molecule has 0 aliphatic rings. The standard InChI is InChI=1S/C17H17FN2O4/c1-8-13(10(3)21)9(2)19-14(8)16(22)20-15(17(23)24)11-6-4-5-7-12(11)18/h4-7,15,19H,1-3H3,(H,20,22)(H,23,24)/t15-/m0/s1. The number of carboxylic acids is 1. The van der Waals surface area contributed by atoms with E-state index < -0.39 is 23.7 Å². The van der Waals surface area contributed by atoms with Gasteiger partial charge in [-0.05, 0) is 32.4 Å². The normalized spacial score (nSPS) is 11.8. The average Bonchev–Trinajstić information content (AvgIpc) is 2.80. The number of halogens is 1. The monoisotopic (exact) mass is 332 g/mol. The molecule has 3 N–H and O–H groups in total. The van der Waals surface area contributed by atoms with E-state index in [0.29, 0.717) is 16.8 Å². The van der Waals surface area contributed by atoms with E-state index in [0.717, 1.165) is 6.07 Å². The molecule has 0 bridgehead atoms. The Labute approximate surface area is 137 Å². The van der Waals surface area contributed by atoms with Crippen LogP contribution >= 0.6 is 0 Å². The van der Waals surface area contributed by atoms with Crippen LogP contribution in [0.1, 0.15) is 50.6 Å². The third kappa shape index (κ3) is 3.19. The second-order valence-corrected chi connectivity index (χ2v) is 5.45. The highest BCUT2D eigenvalue weighted by atomic mass is 19.1. The van der Waals surface area contributed by atoms with E-state index in [1.54, 1.807) is 13.8 Å². The largest absolute Gasteiger partial charge is 0.479 e. The highest BCUT2D eigenvalue weighted by Gasteiger charge is 2.27. The second kappa shape index (κ2) is 6.66. The summed E-state index contributed by atoms with van der Waals surface area (Å²) in [5.74, 6) is -3.04. The number of carboxylic acid groups (broad SMARTS) is 1. The minimum atomic E-state index is -1.54. The van der Waals surface area contributed by atoms with E-state index >= 15 is 0 Å². The summed E-state index contributed by atoms with van der Waals surface area (Å²) in [4.78, 5) is 38.3. The highest BCUT2D eigenvalue weighted by Crippen LogP contribution is 2.21. The number of aromatic amines is 1. The third-order valence-corrected chi connectivity index (χ3v) is 3.76. The van der Waals surface area contributed by atoms with Gasteiger partial charge in [-0.1, -0.05) is 18.2 Å². The van der Waals surface area contributed by atoms with Crippen molar-refractivity contribution in [3.63, 3.8) is 0 Å². The molecule has 1 aromatic heterocycles. The van der Waals surface area contributed by atoms with Gasteiger partial charge < -0.3 is 15.4 Å². The van der Waals surface area contributed by atoms with Gasteiger partial charge in [-0.3, -0.25) is 9.59 Å². The zero-order chi connectivity index (χ0) is 18.0. The van der Waals surface area contributed by atoms with Crippen molar-refractivity contribution in [1.29, 1.82) is 0 Å². The van der Waals surface area contributed by atoms with Crippen LogP contribution in [0.25, 0.3) is 0 Å². The summed E-state index contributed by atoms with van der Waals surface area (Å²) in [7, 11) is 0. The molecular weight excluding hydrogens is 315 g/mol. The Balaban J connectivity index is 2.37. The molecule has 0 aliphatic carbocycles. The summed E-state index contributed by atoms with van der Waals surface area (Å²) in [5, 5.41) is 11.6.